The molecule has 0 saturated heterocycles. The molecule has 0 heterocycles. The summed E-state index contributed by atoms with van der Waals surface area (Å²) in [6.45, 7) is 6.88. The first-order valence-corrected chi connectivity index (χ1v) is 9.30. The van der Waals surface area contributed by atoms with Crippen LogP contribution in [0.3, 0.4) is 0 Å². The first kappa shape index (κ1) is 15.4. The molecule has 0 bridgehead atoms. The largest absolute Gasteiger partial charge is 0.0619 e. The Labute approximate surface area is 155 Å². The van der Waals surface area contributed by atoms with Gasteiger partial charge in [-0.25, -0.2) is 0 Å². The maximum absolute atomic E-state index is 2.34. The maximum atomic E-state index is 2.34. The molecule has 0 heteroatoms. The van der Waals surface area contributed by atoms with E-state index >= 15 is 0 Å². The zero-order valence-electron chi connectivity index (χ0n) is 15.5. The van der Waals surface area contributed by atoms with Gasteiger partial charge in [0.2, 0.25) is 0 Å². The van der Waals surface area contributed by atoms with Crippen LogP contribution in [0.2, 0.25) is 0 Å². The van der Waals surface area contributed by atoms with Crippen molar-refractivity contribution in [2.24, 2.45) is 0 Å². The molecule has 126 valence electrons. The predicted molar refractivity (Wildman–Crippen MR) is 112 cm³/mol. The van der Waals surface area contributed by atoms with E-state index in [1.807, 2.05) is 0 Å². The van der Waals surface area contributed by atoms with Crippen molar-refractivity contribution < 1.29 is 0 Å². The number of hydrogen-bond acceptors (Lipinski definition) is 0. The van der Waals surface area contributed by atoms with Crippen molar-refractivity contribution in [3.05, 3.63) is 95.6 Å². The second kappa shape index (κ2) is 5.32. The minimum atomic E-state index is 0.0432. The van der Waals surface area contributed by atoms with Crippen molar-refractivity contribution in [2.45, 2.75) is 26.2 Å². The van der Waals surface area contributed by atoms with E-state index in [1.54, 1.807) is 0 Å². The first-order chi connectivity index (χ1) is 12.6. The van der Waals surface area contributed by atoms with Crippen molar-refractivity contribution in [2.75, 3.05) is 0 Å². The summed E-state index contributed by atoms with van der Waals surface area (Å²) in [5.41, 5.74) is 9.69. The molecule has 0 aliphatic heterocycles. The van der Waals surface area contributed by atoms with E-state index in [2.05, 4.69) is 99.6 Å². The van der Waals surface area contributed by atoms with Crippen LogP contribution in [-0.4, -0.2) is 0 Å². The van der Waals surface area contributed by atoms with Gasteiger partial charge in [-0.3, -0.25) is 0 Å². The molecule has 0 spiro atoms. The highest BCUT2D eigenvalue weighted by Gasteiger charge is 2.36. The van der Waals surface area contributed by atoms with Crippen LogP contribution in [0.1, 0.15) is 30.5 Å². The fraction of sp³-hybridized carbons (Fsp3) is 0.154. The predicted octanol–water partition coefficient (Wildman–Crippen LogP) is 7.12. The molecule has 26 heavy (non-hydrogen) atoms. The lowest BCUT2D eigenvalue weighted by Gasteiger charge is -2.21. The first-order valence-electron chi connectivity index (χ1n) is 9.30. The molecule has 0 amide bonds. The van der Waals surface area contributed by atoms with Gasteiger partial charge in [-0.15, -0.1) is 0 Å². The summed E-state index contributed by atoms with van der Waals surface area (Å²) in [4.78, 5) is 0. The Morgan fingerprint density at radius 2 is 1.31 bits per heavy atom. The quantitative estimate of drug-likeness (QED) is 0.347. The van der Waals surface area contributed by atoms with E-state index in [0.29, 0.717) is 0 Å². The molecule has 0 aromatic heterocycles. The standard InChI is InChI=1S/C26H22/c1-17-15-18-9-4-5-10-19(18)22(16-17)20-12-8-14-24-25(20)21-11-6-7-13-23(21)26(24,2)3/h4-16H,1-3H3. The van der Waals surface area contributed by atoms with Crippen LogP contribution in [0.25, 0.3) is 33.0 Å². The van der Waals surface area contributed by atoms with Crippen LogP contribution in [0.5, 0.6) is 0 Å². The van der Waals surface area contributed by atoms with Gasteiger partial charge in [0.1, 0.15) is 0 Å². The molecule has 0 N–H and O–H groups in total. The Morgan fingerprint density at radius 1 is 0.615 bits per heavy atom. The van der Waals surface area contributed by atoms with E-state index in [4.69, 9.17) is 0 Å². The van der Waals surface area contributed by atoms with E-state index < -0.39 is 0 Å². The summed E-state index contributed by atoms with van der Waals surface area (Å²) in [7, 11) is 0. The lowest BCUT2D eigenvalue weighted by molar-refractivity contribution is 0.660. The average Bonchev–Trinajstić information content (AvgIpc) is 2.89. The SMILES string of the molecule is Cc1cc(-c2cccc3c2-c2ccccc2C3(C)C)c2ccccc2c1. The fourth-order valence-electron chi connectivity index (χ4n) is 4.66. The molecule has 4 aromatic carbocycles. The van der Waals surface area contributed by atoms with Crippen LogP contribution in [0.15, 0.2) is 78.9 Å². The summed E-state index contributed by atoms with van der Waals surface area (Å²) in [5.74, 6) is 0. The lowest BCUT2D eigenvalue weighted by Crippen LogP contribution is -2.14. The highest BCUT2D eigenvalue weighted by molar-refractivity contribution is 6.03. The summed E-state index contributed by atoms with van der Waals surface area (Å²) in [5, 5.41) is 2.64. The Balaban J connectivity index is 1.91. The molecule has 0 fully saturated rings. The molecular weight excluding hydrogens is 312 g/mol. The summed E-state index contributed by atoms with van der Waals surface area (Å²) < 4.78 is 0. The highest BCUT2D eigenvalue weighted by Crippen LogP contribution is 2.52. The lowest BCUT2D eigenvalue weighted by atomic mass is 9.81. The number of rotatable bonds is 1. The average molecular weight is 334 g/mol. The monoisotopic (exact) mass is 334 g/mol. The second-order valence-corrected chi connectivity index (χ2v) is 7.93. The van der Waals surface area contributed by atoms with E-state index in [1.165, 1.54) is 49.7 Å². The molecule has 5 rings (SSSR count). The fourth-order valence-corrected chi connectivity index (χ4v) is 4.66. The number of benzene rings is 4. The van der Waals surface area contributed by atoms with Gasteiger partial charge in [0.05, 0.1) is 0 Å². The minimum absolute atomic E-state index is 0.0432. The third-order valence-electron chi connectivity index (χ3n) is 5.90. The maximum Gasteiger partial charge on any atom is 0.0159 e. The molecule has 0 unspecified atom stereocenters. The normalized spacial score (nSPS) is 14.3. The van der Waals surface area contributed by atoms with Crippen molar-refractivity contribution >= 4 is 10.8 Å². The molecule has 1 aliphatic rings. The Hall–Kier alpha value is -2.86. The van der Waals surface area contributed by atoms with Crippen LogP contribution in [0, 0.1) is 6.92 Å². The molecular formula is C26H22. The molecule has 0 saturated carbocycles. The zero-order chi connectivity index (χ0) is 17.9. The molecule has 0 atom stereocenters. The number of hydrogen-bond donors (Lipinski definition) is 0. The minimum Gasteiger partial charge on any atom is -0.0619 e. The van der Waals surface area contributed by atoms with Crippen molar-refractivity contribution in [3.8, 4) is 22.3 Å². The third kappa shape index (κ3) is 2.02. The van der Waals surface area contributed by atoms with Gasteiger partial charge in [0.15, 0.2) is 0 Å². The van der Waals surface area contributed by atoms with Gasteiger partial charge in [0.25, 0.3) is 0 Å². The van der Waals surface area contributed by atoms with E-state index in [-0.39, 0.29) is 5.41 Å². The molecule has 4 aromatic rings. The van der Waals surface area contributed by atoms with Crippen LogP contribution < -0.4 is 0 Å². The number of aryl methyl sites for hydroxylation is 1. The Bertz CT molecular complexity index is 1160. The molecule has 0 nitrogen and oxygen atoms in total. The van der Waals surface area contributed by atoms with Gasteiger partial charge >= 0.3 is 0 Å². The van der Waals surface area contributed by atoms with Crippen molar-refractivity contribution in [1.29, 1.82) is 0 Å². The van der Waals surface area contributed by atoms with Gasteiger partial charge < -0.3 is 0 Å². The van der Waals surface area contributed by atoms with E-state index in [9.17, 15) is 0 Å². The Kier molecular flexibility index (Phi) is 3.15. The van der Waals surface area contributed by atoms with Gasteiger partial charge in [0, 0.05) is 5.41 Å². The third-order valence-corrected chi connectivity index (χ3v) is 5.90. The van der Waals surface area contributed by atoms with E-state index in [0.717, 1.165) is 0 Å². The summed E-state index contributed by atoms with van der Waals surface area (Å²) in [6, 6.07) is 29.0. The van der Waals surface area contributed by atoms with Gasteiger partial charge in [-0.2, -0.15) is 0 Å². The molecule has 0 radical (unpaired) electrons. The highest BCUT2D eigenvalue weighted by atomic mass is 14.4. The van der Waals surface area contributed by atoms with Crippen LogP contribution in [0.4, 0.5) is 0 Å². The van der Waals surface area contributed by atoms with Crippen molar-refractivity contribution in [3.63, 3.8) is 0 Å². The molecule has 1 aliphatic carbocycles. The van der Waals surface area contributed by atoms with Crippen molar-refractivity contribution in [1.82, 2.24) is 0 Å². The topological polar surface area (TPSA) is 0 Å². The van der Waals surface area contributed by atoms with Crippen LogP contribution >= 0.6 is 0 Å². The smallest absolute Gasteiger partial charge is 0.0159 e. The number of fused-ring (bicyclic) bond motifs is 4. The van der Waals surface area contributed by atoms with Gasteiger partial charge in [-0.1, -0.05) is 92.7 Å². The van der Waals surface area contributed by atoms with Crippen LogP contribution in [-0.2, 0) is 5.41 Å². The summed E-state index contributed by atoms with van der Waals surface area (Å²) >= 11 is 0. The second-order valence-electron chi connectivity index (χ2n) is 7.93. The summed E-state index contributed by atoms with van der Waals surface area (Å²) in [6.07, 6.45) is 0. The Morgan fingerprint density at radius 3 is 2.19 bits per heavy atom. The van der Waals surface area contributed by atoms with Gasteiger partial charge in [-0.05, 0) is 56.6 Å². The zero-order valence-corrected chi connectivity index (χ0v) is 15.5.